The molecule has 4 atom stereocenters. The Morgan fingerprint density at radius 3 is 2.55 bits per heavy atom. The molecule has 4 unspecified atom stereocenters. The first-order chi connectivity index (χ1) is 9.45. The van der Waals surface area contributed by atoms with E-state index < -0.39 is 0 Å². The van der Waals surface area contributed by atoms with Crippen LogP contribution in [0.3, 0.4) is 0 Å². The van der Waals surface area contributed by atoms with Gasteiger partial charge in [0, 0.05) is 25.7 Å². The molecule has 3 heteroatoms. The van der Waals surface area contributed by atoms with E-state index in [2.05, 4.69) is 37.7 Å². The Balaban J connectivity index is 1.78. The number of likely N-dealkylation sites (tertiary alicyclic amines) is 1. The predicted molar refractivity (Wildman–Crippen MR) is 86.7 cm³/mol. The van der Waals surface area contributed by atoms with Crippen molar-refractivity contribution in [3.05, 3.63) is 0 Å². The smallest absolute Gasteiger partial charge is 0.00795 e. The molecule has 3 nitrogen and oxygen atoms in total. The molecular formula is C17H35N3. The number of hydrogen-bond acceptors (Lipinski definition) is 3. The van der Waals surface area contributed by atoms with Crippen LogP contribution in [0.15, 0.2) is 0 Å². The fourth-order valence-corrected chi connectivity index (χ4v) is 4.23. The molecule has 0 radical (unpaired) electrons. The van der Waals surface area contributed by atoms with E-state index in [4.69, 9.17) is 5.73 Å². The molecule has 0 aromatic heterocycles. The van der Waals surface area contributed by atoms with Crippen LogP contribution in [0.5, 0.6) is 0 Å². The van der Waals surface area contributed by atoms with Crippen molar-refractivity contribution in [2.24, 2.45) is 29.4 Å². The Morgan fingerprint density at radius 1 is 1.20 bits per heavy atom. The molecule has 0 bridgehead atoms. The summed E-state index contributed by atoms with van der Waals surface area (Å²) in [6.07, 6.45) is 5.28. The van der Waals surface area contributed by atoms with Crippen LogP contribution in [0.2, 0.25) is 0 Å². The Hall–Kier alpha value is -0.120. The number of nitrogens with zero attached hydrogens (tertiary/aromatic N) is 2. The molecule has 1 aliphatic heterocycles. The van der Waals surface area contributed by atoms with Crippen LogP contribution in [0.1, 0.15) is 39.5 Å². The van der Waals surface area contributed by atoms with Gasteiger partial charge in [0.15, 0.2) is 0 Å². The summed E-state index contributed by atoms with van der Waals surface area (Å²) >= 11 is 0. The van der Waals surface area contributed by atoms with E-state index in [1.54, 1.807) is 0 Å². The zero-order chi connectivity index (χ0) is 14.7. The molecule has 2 aliphatic rings. The van der Waals surface area contributed by atoms with Crippen molar-refractivity contribution >= 4 is 0 Å². The highest BCUT2D eigenvalue weighted by Gasteiger charge is 2.31. The number of hydrogen-bond donors (Lipinski definition) is 1. The van der Waals surface area contributed by atoms with Crippen LogP contribution in [0.25, 0.3) is 0 Å². The van der Waals surface area contributed by atoms with Crippen molar-refractivity contribution < 1.29 is 0 Å². The molecule has 1 heterocycles. The third-order valence-electron chi connectivity index (χ3n) is 5.63. The Kier molecular flexibility index (Phi) is 5.88. The summed E-state index contributed by atoms with van der Waals surface area (Å²) in [5.74, 6) is 3.29. The molecular weight excluding hydrogens is 246 g/mol. The van der Waals surface area contributed by atoms with Crippen LogP contribution < -0.4 is 5.73 Å². The van der Waals surface area contributed by atoms with E-state index in [1.807, 2.05) is 0 Å². The molecule has 118 valence electrons. The standard InChI is InChI=1S/C17H35N3/c1-13(2)15-5-6-17(18)16(9-15)12-20(4)11-14-7-8-19(3)10-14/h13-17H,5-12,18H2,1-4H3. The minimum absolute atomic E-state index is 0.429. The summed E-state index contributed by atoms with van der Waals surface area (Å²) in [6.45, 7) is 9.74. The van der Waals surface area contributed by atoms with E-state index in [-0.39, 0.29) is 0 Å². The summed E-state index contributed by atoms with van der Waals surface area (Å²) in [5, 5.41) is 0. The number of rotatable bonds is 5. The molecule has 0 spiro atoms. The molecule has 0 aromatic carbocycles. The minimum Gasteiger partial charge on any atom is -0.327 e. The summed E-state index contributed by atoms with van der Waals surface area (Å²) in [4.78, 5) is 5.01. The van der Waals surface area contributed by atoms with E-state index in [0.717, 1.165) is 17.8 Å². The minimum atomic E-state index is 0.429. The highest BCUT2D eigenvalue weighted by Crippen LogP contribution is 2.33. The number of nitrogens with two attached hydrogens (primary N) is 1. The van der Waals surface area contributed by atoms with Crippen molar-refractivity contribution in [1.29, 1.82) is 0 Å². The molecule has 0 amide bonds. The molecule has 2 rings (SSSR count). The Labute approximate surface area is 125 Å². The molecule has 20 heavy (non-hydrogen) atoms. The zero-order valence-electron chi connectivity index (χ0n) is 14.0. The van der Waals surface area contributed by atoms with Crippen LogP contribution in [-0.2, 0) is 0 Å². The second-order valence-electron chi connectivity index (χ2n) is 7.88. The maximum atomic E-state index is 6.38. The summed E-state index contributed by atoms with van der Waals surface area (Å²) in [7, 11) is 4.54. The highest BCUT2D eigenvalue weighted by atomic mass is 15.1. The van der Waals surface area contributed by atoms with Crippen molar-refractivity contribution in [2.75, 3.05) is 40.3 Å². The van der Waals surface area contributed by atoms with Crippen LogP contribution in [0, 0.1) is 23.7 Å². The van der Waals surface area contributed by atoms with Crippen molar-refractivity contribution in [3.63, 3.8) is 0 Å². The monoisotopic (exact) mass is 281 g/mol. The molecule has 1 saturated carbocycles. The third kappa shape index (κ3) is 4.44. The van der Waals surface area contributed by atoms with Gasteiger partial charge in [0.25, 0.3) is 0 Å². The van der Waals surface area contributed by atoms with Gasteiger partial charge in [0.1, 0.15) is 0 Å². The van der Waals surface area contributed by atoms with E-state index in [1.165, 1.54) is 51.9 Å². The van der Waals surface area contributed by atoms with Gasteiger partial charge in [-0.15, -0.1) is 0 Å². The summed E-state index contributed by atoms with van der Waals surface area (Å²) in [6, 6.07) is 0.429. The largest absolute Gasteiger partial charge is 0.327 e. The normalized spacial score (nSPS) is 36.1. The highest BCUT2D eigenvalue weighted by molar-refractivity contribution is 4.86. The van der Waals surface area contributed by atoms with E-state index in [9.17, 15) is 0 Å². The van der Waals surface area contributed by atoms with Gasteiger partial charge in [-0.3, -0.25) is 0 Å². The Morgan fingerprint density at radius 2 is 1.95 bits per heavy atom. The second-order valence-corrected chi connectivity index (χ2v) is 7.88. The van der Waals surface area contributed by atoms with Crippen molar-refractivity contribution in [1.82, 2.24) is 9.80 Å². The lowest BCUT2D eigenvalue weighted by Crippen LogP contribution is -2.44. The fraction of sp³-hybridized carbons (Fsp3) is 1.00. The predicted octanol–water partition coefficient (Wildman–Crippen LogP) is 2.27. The van der Waals surface area contributed by atoms with Crippen LogP contribution >= 0.6 is 0 Å². The average Bonchev–Trinajstić information content (AvgIpc) is 2.77. The maximum Gasteiger partial charge on any atom is 0.00795 e. The fourth-order valence-electron chi connectivity index (χ4n) is 4.23. The van der Waals surface area contributed by atoms with Gasteiger partial charge in [-0.2, -0.15) is 0 Å². The van der Waals surface area contributed by atoms with Gasteiger partial charge < -0.3 is 15.5 Å². The van der Waals surface area contributed by atoms with Crippen LogP contribution in [-0.4, -0.2) is 56.1 Å². The lowest BCUT2D eigenvalue weighted by atomic mass is 9.73. The quantitative estimate of drug-likeness (QED) is 0.839. The van der Waals surface area contributed by atoms with E-state index >= 15 is 0 Å². The SMILES string of the molecule is CC(C)C1CCC(N)C(CN(C)CC2CCN(C)C2)C1. The van der Waals surface area contributed by atoms with Gasteiger partial charge in [-0.25, -0.2) is 0 Å². The van der Waals surface area contributed by atoms with Crippen molar-refractivity contribution in [3.8, 4) is 0 Å². The average molecular weight is 281 g/mol. The van der Waals surface area contributed by atoms with Gasteiger partial charge in [-0.05, 0) is 70.0 Å². The maximum absolute atomic E-state index is 6.38. The van der Waals surface area contributed by atoms with Gasteiger partial charge >= 0.3 is 0 Å². The molecule has 1 aliphatic carbocycles. The third-order valence-corrected chi connectivity index (χ3v) is 5.63. The molecule has 0 aromatic rings. The van der Waals surface area contributed by atoms with E-state index in [0.29, 0.717) is 12.0 Å². The molecule has 2 fully saturated rings. The second kappa shape index (κ2) is 7.24. The lowest BCUT2D eigenvalue weighted by Gasteiger charge is -2.38. The first-order valence-electron chi connectivity index (χ1n) is 8.58. The molecule has 1 saturated heterocycles. The lowest BCUT2D eigenvalue weighted by molar-refractivity contribution is 0.141. The van der Waals surface area contributed by atoms with Crippen molar-refractivity contribution in [2.45, 2.75) is 45.6 Å². The summed E-state index contributed by atoms with van der Waals surface area (Å²) < 4.78 is 0. The Bertz CT molecular complexity index is 292. The first-order valence-corrected chi connectivity index (χ1v) is 8.58. The van der Waals surface area contributed by atoms with Crippen LogP contribution in [0.4, 0.5) is 0 Å². The van der Waals surface area contributed by atoms with Gasteiger partial charge in [-0.1, -0.05) is 13.8 Å². The summed E-state index contributed by atoms with van der Waals surface area (Å²) in [5.41, 5.74) is 6.38. The van der Waals surface area contributed by atoms with Gasteiger partial charge in [0.2, 0.25) is 0 Å². The first kappa shape index (κ1) is 16.3. The van der Waals surface area contributed by atoms with Gasteiger partial charge in [0.05, 0.1) is 0 Å². The topological polar surface area (TPSA) is 32.5 Å². The molecule has 2 N–H and O–H groups in total. The zero-order valence-corrected chi connectivity index (χ0v) is 14.0.